The highest BCUT2D eigenvalue weighted by atomic mass is 35.5. The largest absolute Gasteiger partial charge is 0.481 e. The molecule has 0 fully saturated rings. The quantitative estimate of drug-likeness (QED) is 0.690. The lowest BCUT2D eigenvalue weighted by molar-refractivity contribution is 0.102. The maximum absolute atomic E-state index is 12.0. The Kier molecular flexibility index (Phi) is 4.59. The fourth-order valence-electron chi connectivity index (χ4n) is 1.31. The molecule has 0 radical (unpaired) electrons. The Bertz CT molecular complexity index is 666. The van der Waals surface area contributed by atoms with E-state index in [0.717, 1.165) is 0 Å². The molecule has 0 aliphatic heterocycles. The van der Waals surface area contributed by atoms with Crippen molar-refractivity contribution in [3.8, 4) is 5.88 Å². The number of aromatic nitrogens is 3. The zero-order chi connectivity index (χ0) is 14.7. The van der Waals surface area contributed by atoms with Crippen LogP contribution < -0.4 is 10.1 Å². The number of pyridine rings is 1. The van der Waals surface area contributed by atoms with Gasteiger partial charge in [-0.05, 0) is 12.1 Å². The number of anilines is 1. The molecule has 0 aliphatic carbocycles. The molecule has 0 unspecified atom stereocenters. The van der Waals surface area contributed by atoms with Gasteiger partial charge in [0.1, 0.15) is 15.5 Å². The highest BCUT2D eigenvalue weighted by Crippen LogP contribution is 2.19. The normalized spacial score (nSPS) is 10.2. The fourth-order valence-corrected chi connectivity index (χ4v) is 1.91. The Labute approximate surface area is 129 Å². The molecule has 2 heterocycles. The molecule has 0 saturated carbocycles. The van der Waals surface area contributed by atoms with E-state index < -0.39 is 5.91 Å². The number of carbonyl (C=O) groups is 1. The first kappa shape index (κ1) is 14.8. The molecule has 0 bridgehead atoms. The van der Waals surface area contributed by atoms with Crippen LogP contribution >= 0.6 is 34.8 Å². The smallest absolute Gasteiger partial charge is 0.261 e. The van der Waals surface area contributed by atoms with Gasteiger partial charge in [-0.3, -0.25) is 10.1 Å². The summed E-state index contributed by atoms with van der Waals surface area (Å²) in [5, 5.41) is 2.74. The zero-order valence-corrected chi connectivity index (χ0v) is 12.3. The molecule has 1 amide bonds. The van der Waals surface area contributed by atoms with Crippen LogP contribution in [0.2, 0.25) is 15.5 Å². The Hall–Kier alpha value is -1.63. The molecule has 0 saturated heterocycles. The fraction of sp³-hybridized carbons (Fsp3) is 0.0909. The van der Waals surface area contributed by atoms with E-state index in [2.05, 4.69) is 20.3 Å². The van der Waals surface area contributed by atoms with Gasteiger partial charge in [0.15, 0.2) is 0 Å². The molecular formula is C11H7Cl3N4O2. The Morgan fingerprint density at radius 1 is 1.15 bits per heavy atom. The van der Waals surface area contributed by atoms with Gasteiger partial charge >= 0.3 is 0 Å². The summed E-state index contributed by atoms with van der Waals surface area (Å²) in [7, 11) is 1.42. The summed E-state index contributed by atoms with van der Waals surface area (Å²) in [5.41, 5.74) is 0.138. The summed E-state index contributed by atoms with van der Waals surface area (Å²) in [6.45, 7) is 0. The molecule has 1 N–H and O–H groups in total. The molecule has 0 spiro atoms. The van der Waals surface area contributed by atoms with Gasteiger partial charge in [0.2, 0.25) is 11.8 Å². The molecule has 6 nitrogen and oxygen atoms in total. The van der Waals surface area contributed by atoms with Crippen LogP contribution in [0.4, 0.5) is 5.95 Å². The minimum Gasteiger partial charge on any atom is -0.481 e. The predicted molar refractivity (Wildman–Crippen MR) is 75.8 cm³/mol. The Morgan fingerprint density at radius 3 is 2.55 bits per heavy atom. The van der Waals surface area contributed by atoms with E-state index in [-0.39, 0.29) is 32.9 Å². The molecular weight excluding hydrogens is 327 g/mol. The van der Waals surface area contributed by atoms with Crippen LogP contribution in [0.25, 0.3) is 0 Å². The average Bonchev–Trinajstić information content (AvgIpc) is 2.37. The average molecular weight is 334 g/mol. The lowest BCUT2D eigenvalue weighted by Crippen LogP contribution is -2.15. The molecule has 2 rings (SSSR count). The van der Waals surface area contributed by atoms with Crippen molar-refractivity contribution in [1.29, 1.82) is 0 Å². The van der Waals surface area contributed by atoms with Gasteiger partial charge in [0, 0.05) is 6.07 Å². The minimum atomic E-state index is -0.538. The van der Waals surface area contributed by atoms with Gasteiger partial charge in [0.25, 0.3) is 5.91 Å². The van der Waals surface area contributed by atoms with Crippen LogP contribution in [0.3, 0.4) is 0 Å². The molecule has 104 valence electrons. The highest BCUT2D eigenvalue weighted by molar-refractivity contribution is 6.35. The molecule has 0 aliphatic rings. The second-order valence-corrected chi connectivity index (χ2v) is 4.62. The van der Waals surface area contributed by atoms with Crippen molar-refractivity contribution in [3.05, 3.63) is 39.2 Å². The molecule has 20 heavy (non-hydrogen) atoms. The number of halogens is 3. The van der Waals surface area contributed by atoms with Gasteiger partial charge in [-0.1, -0.05) is 34.8 Å². The molecule has 9 heteroatoms. The predicted octanol–water partition coefficient (Wildman–Crippen LogP) is 3.09. The number of nitrogens with one attached hydrogen (secondary N) is 1. The van der Waals surface area contributed by atoms with Crippen LogP contribution in [-0.2, 0) is 0 Å². The van der Waals surface area contributed by atoms with Crippen molar-refractivity contribution >= 4 is 46.7 Å². The SMILES string of the molecule is COc1cc(Cl)nc(NC(=O)c2ccc(Cl)nc2Cl)n1. The molecule has 2 aromatic heterocycles. The number of ether oxygens (including phenoxy) is 1. The second-order valence-electron chi connectivity index (χ2n) is 3.48. The molecule has 0 atom stereocenters. The monoisotopic (exact) mass is 332 g/mol. The third kappa shape index (κ3) is 3.47. The summed E-state index contributed by atoms with van der Waals surface area (Å²) < 4.78 is 4.92. The van der Waals surface area contributed by atoms with E-state index in [0.29, 0.717) is 0 Å². The van der Waals surface area contributed by atoms with Crippen molar-refractivity contribution in [2.75, 3.05) is 12.4 Å². The first-order chi connectivity index (χ1) is 9.49. The van der Waals surface area contributed by atoms with Gasteiger partial charge in [-0.2, -0.15) is 4.98 Å². The minimum absolute atomic E-state index is 0.00892. The van der Waals surface area contributed by atoms with Crippen molar-refractivity contribution in [2.45, 2.75) is 0 Å². The number of nitrogens with zero attached hydrogens (tertiary/aromatic N) is 3. The third-order valence-electron chi connectivity index (χ3n) is 2.17. The lowest BCUT2D eigenvalue weighted by atomic mass is 10.3. The van der Waals surface area contributed by atoms with Crippen molar-refractivity contribution < 1.29 is 9.53 Å². The number of methoxy groups -OCH3 is 1. The standard InChI is InChI=1S/C11H7Cl3N4O2/c1-20-8-4-7(13)16-11(17-8)18-10(19)5-2-3-6(12)15-9(5)14/h2-4H,1H3,(H,16,17,18,19). The second kappa shape index (κ2) is 6.21. The Balaban J connectivity index is 2.25. The number of carbonyl (C=O) groups excluding carboxylic acids is 1. The first-order valence-corrected chi connectivity index (χ1v) is 6.35. The summed E-state index contributed by atoms with van der Waals surface area (Å²) in [6, 6.07) is 4.30. The van der Waals surface area contributed by atoms with Gasteiger partial charge < -0.3 is 4.74 Å². The zero-order valence-electron chi connectivity index (χ0n) is 10.0. The molecule has 2 aromatic rings. The van der Waals surface area contributed by atoms with Gasteiger partial charge in [-0.15, -0.1) is 0 Å². The van der Waals surface area contributed by atoms with Crippen LogP contribution in [0.15, 0.2) is 18.2 Å². The molecule has 0 aromatic carbocycles. The third-order valence-corrected chi connectivity index (χ3v) is 2.86. The van der Waals surface area contributed by atoms with Gasteiger partial charge in [-0.25, -0.2) is 9.97 Å². The van der Waals surface area contributed by atoms with Crippen molar-refractivity contribution in [3.63, 3.8) is 0 Å². The van der Waals surface area contributed by atoms with E-state index >= 15 is 0 Å². The highest BCUT2D eigenvalue weighted by Gasteiger charge is 2.14. The topological polar surface area (TPSA) is 77.0 Å². The lowest BCUT2D eigenvalue weighted by Gasteiger charge is -2.06. The van der Waals surface area contributed by atoms with E-state index in [1.54, 1.807) is 0 Å². The van der Waals surface area contributed by atoms with Crippen molar-refractivity contribution in [1.82, 2.24) is 15.0 Å². The summed E-state index contributed by atoms with van der Waals surface area (Å²) in [5.74, 6) is -0.325. The van der Waals surface area contributed by atoms with Crippen LogP contribution in [0, 0.1) is 0 Å². The maximum atomic E-state index is 12.0. The van der Waals surface area contributed by atoms with Crippen LogP contribution in [0.5, 0.6) is 5.88 Å². The summed E-state index contributed by atoms with van der Waals surface area (Å²) in [6.07, 6.45) is 0. The number of rotatable bonds is 3. The van der Waals surface area contributed by atoms with E-state index in [1.807, 2.05) is 0 Å². The number of hydrogen-bond donors (Lipinski definition) is 1. The maximum Gasteiger partial charge on any atom is 0.261 e. The van der Waals surface area contributed by atoms with Crippen LogP contribution in [0.1, 0.15) is 10.4 Å². The Morgan fingerprint density at radius 2 is 1.90 bits per heavy atom. The van der Waals surface area contributed by atoms with Crippen LogP contribution in [-0.4, -0.2) is 28.0 Å². The first-order valence-electron chi connectivity index (χ1n) is 5.21. The summed E-state index contributed by atoms with van der Waals surface area (Å²) in [4.78, 5) is 23.6. The number of hydrogen-bond acceptors (Lipinski definition) is 5. The van der Waals surface area contributed by atoms with E-state index in [4.69, 9.17) is 39.5 Å². The van der Waals surface area contributed by atoms with Gasteiger partial charge in [0.05, 0.1) is 12.7 Å². The summed E-state index contributed by atoms with van der Waals surface area (Å²) >= 11 is 17.3. The van der Waals surface area contributed by atoms with E-state index in [9.17, 15) is 4.79 Å². The number of amides is 1. The van der Waals surface area contributed by atoms with Crippen molar-refractivity contribution in [2.24, 2.45) is 0 Å². The van der Waals surface area contributed by atoms with E-state index in [1.165, 1.54) is 25.3 Å².